The second kappa shape index (κ2) is 7.17. The summed E-state index contributed by atoms with van der Waals surface area (Å²) in [5.74, 6) is 2.31. The molecule has 0 bridgehead atoms. The minimum Gasteiger partial charge on any atom is -0.495 e. The van der Waals surface area contributed by atoms with E-state index in [2.05, 4.69) is 56.1 Å². The van der Waals surface area contributed by atoms with Crippen LogP contribution in [0, 0.1) is 11.8 Å². The highest BCUT2D eigenvalue weighted by atomic mass is 16.5. The van der Waals surface area contributed by atoms with Gasteiger partial charge in [-0.2, -0.15) is 0 Å². The number of benzene rings is 1. The van der Waals surface area contributed by atoms with Gasteiger partial charge in [0.2, 0.25) is 0 Å². The zero-order valence-corrected chi connectivity index (χ0v) is 14.1. The Morgan fingerprint density at radius 2 is 1.95 bits per heavy atom. The van der Waals surface area contributed by atoms with Gasteiger partial charge < -0.3 is 15.0 Å². The van der Waals surface area contributed by atoms with E-state index < -0.39 is 0 Å². The van der Waals surface area contributed by atoms with Crippen LogP contribution in [0.25, 0.3) is 0 Å². The first-order valence-electron chi connectivity index (χ1n) is 8.16. The van der Waals surface area contributed by atoms with Gasteiger partial charge in [0.05, 0.1) is 12.8 Å². The van der Waals surface area contributed by atoms with Crippen LogP contribution in [0.4, 0.5) is 5.69 Å². The maximum absolute atomic E-state index is 5.58. The first-order chi connectivity index (χ1) is 10.0. The van der Waals surface area contributed by atoms with Gasteiger partial charge in [0, 0.05) is 25.2 Å². The Labute approximate surface area is 129 Å². The van der Waals surface area contributed by atoms with Crippen LogP contribution >= 0.6 is 0 Å². The fourth-order valence-corrected chi connectivity index (χ4v) is 3.30. The molecule has 118 valence electrons. The second-order valence-electron chi connectivity index (χ2n) is 6.87. The van der Waals surface area contributed by atoms with E-state index in [1.807, 2.05) is 6.07 Å². The Hall–Kier alpha value is -1.22. The van der Waals surface area contributed by atoms with E-state index in [0.717, 1.165) is 24.8 Å². The molecule has 2 rings (SSSR count). The van der Waals surface area contributed by atoms with Crippen molar-refractivity contribution < 1.29 is 4.74 Å². The normalized spacial score (nSPS) is 22.9. The van der Waals surface area contributed by atoms with E-state index in [1.54, 1.807) is 7.11 Å². The lowest BCUT2D eigenvalue weighted by molar-refractivity contribution is 0.307. The van der Waals surface area contributed by atoms with Gasteiger partial charge in [0.15, 0.2) is 0 Å². The zero-order valence-electron chi connectivity index (χ0n) is 14.1. The number of nitrogens with zero attached hydrogens (tertiary/aromatic N) is 1. The summed E-state index contributed by atoms with van der Waals surface area (Å²) < 4.78 is 5.58. The summed E-state index contributed by atoms with van der Waals surface area (Å²) in [5.41, 5.74) is 1.23. The summed E-state index contributed by atoms with van der Waals surface area (Å²) in [4.78, 5) is 2.55. The average Bonchev–Trinajstić information content (AvgIpc) is 2.46. The molecule has 0 aliphatic carbocycles. The predicted molar refractivity (Wildman–Crippen MR) is 90.2 cm³/mol. The van der Waals surface area contributed by atoms with Crippen LogP contribution in [-0.4, -0.2) is 32.3 Å². The molecule has 0 aromatic heterocycles. The van der Waals surface area contributed by atoms with E-state index in [9.17, 15) is 0 Å². The van der Waals surface area contributed by atoms with E-state index >= 15 is 0 Å². The van der Waals surface area contributed by atoms with E-state index in [0.29, 0.717) is 18.0 Å². The monoisotopic (exact) mass is 290 g/mol. The van der Waals surface area contributed by atoms with Crippen molar-refractivity contribution in [1.29, 1.82) is 0 Å². The summed E-state index contributed by atoms with van der Waals surface area (Å²) >= 11 is 0. The Morgan fingerprint density at radius 3 is 2.57 bits per heavy atom. The molecule has 1 aromatic carbocycles. The van der Waals surface area contributed by atoms with Gasteiger partial charge in [0.25, 0.3) is 0 Å². The molecule has 21 heavy (non-hydrogen) atoms. The highest BCUT2D eigenvalue weighted by Gasteiger charge is 2.31. The summed E-state index contributed by atoms with van der Waals surface area (Å²) in [6.07, 6.45) is 1.22. The summed E-state index contributed by atoms with van der Waals surface area (Å²) in [5, 5.41) is 3.74. The number of hydrogen-bond donors (Lipinski definition) is 1. The SMILES string of the molecule is COc1ccccc1N1CC(CC(C)C)NCC1C(C)C. The standard InChI is InChI=1S/C18H30N2O/c1-13(2)10-15-12-20(17(11-19-15)14(3)4)16-8-6-7-9-18(16)21-5/h6-9,13-15,17,19H,10-12H2,1-5H3. The number of piperazine rings is 1. The largest absolute Gasteiger partial charge is 0.495 e. The van der Waals surface area contributed by atoms with Gasteiger partial charge in [-0.3, -0.25) is 0 Å². The minimum absolute atomic E-state index is 0.518. The third kappa shape index (κ3) is 3.91. The van der Waals surface area contributed by atoms with Crippen molar-refractivity contribution >= 4 is 5.69 Å². The highest BCUT2D eigenvalue weighted by molar-refractivity contribution is 5.59. The predicted octanol–water partition coefficient (Wildman–Crippen LogP) is 3.54. The molecule has 1 saturated heterocycles. The molecule has 0 saturated carbocycles. The molecule has 1 aliphatic rings. The van der Waals surface area contributed by atoms with Crippen molar-refractivity contribution in [2.75, 3.05) is 25.1 Å². The fourth-order valence-electron chi connectivity index (χ4n) is 3.30. The number of methoxy groups -OCH3 is 1. The molecule has 1 fully saturated rings. The van der Waals surface area contributed by atoms with E-state index in [1.165, 1.54) is 12.1 Å². The van der Waals surface area contributed by atoms with Crippen LogP contribution in [0.2, 0.25) is 0 Å². The topological polar surface area (TPSA) is 24.5 Å². The number of ether oxygens (including phenoxy) is 1. The summed E-state index contributed by atoms with van der Waals surface area (Å²) in [6.45, 7) is 11.3. The molecule has 1 aliphatic heterocycles. The van der Waals surface area contributed by atoms with Crippen LogP contribution in [0.1, 0.15) is 34.1 Å². The average molecular weight is 290 g/mol. The van der Waals surface area contributed by atoms with Crippen molar-refractivity contribution in [1.82, 2.24) is 5.32 Å². The fraction of sp³-hybridized carbons (Fsp3) is 0.667. The lowest BCUT2D eigenvalue weighted by Crippen LogP contribution is -2.58. The van der Waals surface area contributed by atoms with Gasteiger partial charge >= 0.3 is 0 Å². The third-order valence-electron chi connectivity index (χ3n) is 4.35. The van der Waals surface area contributed by atoms with Gasteiger partial charge in [-0.05, 0) is 30.4 Å². The smallest absolute Gasteiger partial charge is 0.142 e. The van der Waals surface area contributed by atoms with Crippen LogP contribution in [0.3, 0.4) is 0 Å². The van der Waals surface area contributed by atoms with Crippen LogP contribution in [0.15, 0.2) is 24.3 Å². The molecule has 2 unspecified atom stereocenters. The lowest BCUT2D eigenvalue weighted by atomic mass is 9.94. The molecule has 3 nitrogen and oxygen atoms in total. The lowest BCUT2D eigenvalue weighted by Gasteiger charge is -2.44. The number of nitrogens with one attached hydrogen (secondary N) is 1. The second-order valence-corrected chi connectivity index (χ2v) is 6.87. The van der Waals surface area contributed by atoms with Crippen molar-refractivity contribution in [3.63, 3.8) is 0 Å². The van der Waals surface area contributed by atoms with Crippen molar-refractivity contribution in [3.05, 3.63) is 24.3 Å². The summed E-state index contributed by atoms with van der Waals surface area (Å²) in [7, 11) is 1.76. The molecule has 2 atom stereocenters. The quantitative estimate of drug-likeness (QED) is 0.897. The maximum Gasteiger partial charge on any atom is 0.142 e. The number of rotatable bonds is 5. The van der Waals surface area contributed by atoms with E-state index in [-0.39, 0.29) is 0 Å². The van der Waals surface area contributed by atoms with Gasteiger partial charge in [-0.15, -0.1) is 0 Å². The van der Waals surface area contributed by atoms with Crippen molar-refractivity contribution in [3.8, 4) is 5.75 Å². The molecular formula is C18H30N2O. The Morgan fingerprint density at radius 1 is 1.24 bits per heavy atom. The van der Waals surface area contributed by atoms with E-state index in [4.69, 9.17) is 4.74 Å². The molecule has 0 radical (unpaired) electrons. The number of hydrogen-bond acceptors (Lipinski definition) is 3. The maximum atomic E-state index is 5.58. The molecule has 0 spiro atoms. The first kappa shape index (κ1) is 16.2. The number of para-hydroxylation sites is 2. The molecular weight excluding hydrogens is 260 g/mol. The van der Waals surface area contributed by atoms with Crippen LogP contribution in [0.5, 0.6) is 5.75 Å². The zero-order chi connectivity index (χ0) is 15.4. The first-order valence-corrected chi connectivity index (χ1v) is 8.16. The number of anilines is 1. The minimum atomic E-state index is 0.518. The molecule has 1 aromatic rings. The Balaban J connectivity index is 2.25. The highest BCUT2D eigenvalue weighted by Crippen LogP contribution is 2.32. The van der Waals surface area contributed by atoms with Gasteiger partial charge in [-0.25, -0.2) is 0 Å². The molecule has 0 amide bonds. The Kier molecular flexibility index (Phi) is 5.51. The molecule has 3 heteroatoms. The van der Waals surface area contributed by atoms with Crippen LogP contribution in [-0.2, 0) is 0 Å². The van der Waals surface area contributed by atoms with Crippen molar-refractivity contribution in [2.24, 2.45) is 11.8 Å². The van der Waals surface area contributed by atoms with Gasteiger partial charge in [-0.1, -0.05) is 39.8 Å². The Bertz CT molecular complexity index is 445. The molecule has 1 N–H and O–H groups in total. The molecule has 1 heterocycles. The third-order valence-corrected chi connectivity index (χ3v) is 4.35. The van der Waals surface area contributed by atoms with Crippen LogP contribution < -0.4 is 15.0 Å². The van der Waals surface area contributed by atoms with Gasteiger partial charge in [0.1, 0.15) is 5.75 Å². The van der Waals surface area contributed by atoms with Crippen molar-refractivity contribution in [2.45, 2.75) is 46.2 Å². The summed E-state index contributed by atoms with van der Waals surface area (Å²) in [6, 6.07) is 9.47.